The van der Waals surface area contributed by atoms with Gasteiger partial charge in [-0.15, -0.1) is 0 Å². The van der Waals surface area contributed by atoms with Gasteiger partial charge in [0.1, 0.15) is 0 Å². The monoisotopic (exact) mass is 245 g/mol. The third-order valence-electron chi connectivity index (χ3n) is 2.40. The average molecular weight is 245 g/mol. The number of hydrogen-bond acceptors (Lipinski definition) is 3. The molecule has 6 nitrogen and oxygen atoms in total. The standard InChI is InChI=1S/C12H15N5O/c1-17-9-10(8-15-17)2-7-14-12(18)16-11-3-5-13-6-4-11/h3-6,8-9H,2,7H2,1H3,(H2,13,14,16,18). The number of carbonyl (C=O) groups is 1. The third-order valence-corrected chi connectivity index (χ3v) is 2.40. The topological polar surface area (TPSA) is 71.8 Å². The van der Waals surface area contributed by atoms with Crippen molar-refractivity contribution in [2.24, 2.45) is 7.05 Å². The minimum atomic E-state index is -0.218. The molecule has 0 aliphatic rings. The third kappa shape index (κ3) is 3.58. The number of urea groups is 1. The van der Waals surface area contributed by atoms with E-state index in [9.17, 15) is 4.79 Å². The molecule has 6 heteroatoms. The average Bonchev–Trinajstić information content (AvgIpc) is 2.76. The second-order valence-electron chi connectivity index (χ2n) is 3.89. The lowest BCUT2D eigenvalue weighted by molar-refractivity contribution is 0.252. The van der Waals surface area contributed by atoms with Gasteiger partial charge in [0.25, 0.3) is 0 Å². The lowest BCUT2D eigenvalue weighted by atomic mass is 10.2. The van der Waals surface area contributed by atoms with Gasteiger partial charge >= 0.3 is 6.03 Å². The SMILES string of the molecule is Cn1cc(CCNC(=O)Nc2ccncc2)cn1. The number of hydrogen-bond donors (Lipinski definition) is 2. The molecule has 94 valence electrons. The Balaban J connectivity index is 1.72. The predicted octanol–water partition coefficient (Wildman–Crippen LogP) is 1.18. The van der Waals surface area contributed by atoms with Crippen LogP contribution in [0.2, 0.25) is 0 Å². The Morgan fingerprint density at radius 3 is 2.83 bits per heavy atom. The summed E-state index contributed by atoms with van der Waals surface area (Å²) in [5, 5.41) is 9.57. The largest absolute Gasteiger partial charge is 0.338 e. The minimum absolute atomic E-state index is 0.218. The van der Waals surface area contributed by atoms with Crippen LogP contribution in [0.5, 0.6) is 0 Å². The first-order chi connectivity index (χ1) is 8.74. The van der Waals surface area contributed by atoms with Crippen LogP contribution in [0.4, 0.5) is 10.5 Å². The second kappa shape index (κ2) is 5.81. The normalized spacial score (nSPS) is 10.1. The van der Waals surface area contributed by atoms with Crippen molar-refractivity contribution in [3.05, 3.63) is 42.5 Å². The number of aromatic nitrogens is 3. The summed E-state index contributed by atoms with van der Waals surface area (Å²) in [7, 11) is 1.87. The minimum Gasteiger partial charge on any atom is -0.338 e. The lowest BCUT2D eigenvalue weighted by Crippen LogP contribution is -2.30. The van der Waals surface area contributed by atoms with Gasteiger partial charge in [-0.25, -0.2) is 4.79 Å². The summed E-state index contributed by atoms with van der Waals surface area (Å²) < 4.78 is 1.74. The van der Waals surface area contributed by atoms with E-state index in [0.717, 1.165) is 17.7 Å². The van der Waals surface area contributed by atoms with Crippen molar-refractivity contribution < 1.29 is 4.79 Å². The molecular weight excluding hydrogens is 230 g/mol. The molecule has 18 heavy (non-hydrogen) atoms. The quantitative estimate of drug-likeness (QED) is 0.849. The zero-order valence-corrected chi connectivity index (χ0v) is 10.1. The Kier molecular flexibility index (Phi) is 3.90. The summed E-state index contributed by atoms with van der Waals surface area (Å²) in [6.07, 6.45) is 7.75. The van der Waals surface area contributed by atoms with Gasteiger partial charge in [0.05, 0.1) is 6.20 Å². The fraction of sp³-hybridized carbons (Fsp3) is 0.250. The highest BCUT2D eigenvalue weighted by Gasteiger charge is 2.01. The molecule has 0 atom stereocenters. The zero-order chi connectivity index (χ0) is 12.8. The van der Waals surface area contributed by atoms with E-state index in [4.69, 9.17) is 0 Å². The first kappa shape index (κ1) is 12.1. The number of nitrogens with one attached hydrogen (secondary N) is 2. The van der Waals surface area contributed by atoms with Gasteiger partial charge in [-0.3, -0.25) is 9.67 Å². The number of aryl methyl sites for hydroxylation is 1. The van der Waals surface area contributed by atoms with Crippen LogP contribution in [0.1, 0.15) is 5.56 Å². The van der Waals surface area contributed by atoms with E-state index in [1.807, 2.05) is 13.2 Å². The Hall–Kier alpha value is -2.37. The van der Waals surface area contributed by atoms with Gasteiger partial charge in [-0.2, -0.15) is 5.10 Å². The molecule has 2 aromatic heterocycles. The Labute approximate surface area is 105 Å². The summed E-state index contributed by atoms with van der Waals surface area (Å²) in [6, 6.07) is 3.26. The van der Waals surface area contributed by atoms with E-state index in [1.54, 1.807) is 35.4 Å². The van der Waals surface area contributed by atoms with Crippen LogP contribution in [0.15, 0.2) is 36.9 Å². The molecule has 2 N–H and O–H groups in total. The van der Waals surface area contributed by atoms with Gasteiger partial charge < -0.3 is 10.6 Å². The van der Waals surface area contributed by atoms with Crippen LogP contribution in [-0.2, 0) is 13.5 Å². The molecule has 2 rings (SSSR count). The van der Waals surface area contributed by atoms with Crippen LogP contribution < -0.4 is 10.6 Å². The van der Waals surface area contributed by atoms with Crippen LogP contribution in [0.3, 0.4) is 0 Å². The molecule has 0 spiro atoms. The Morgan fingerprint density at radius 1 is 1.39 bits per heavy atom. The molecule has 2 amide bonds. The second-order valence-corrected chi connectivity index (χ2v) is 3.89. The number of carbonyl (C=O) groups excluding carboxylic acids is 1. The van der Waals surface area contributed by atoms with E-state index < -0.39 is 0 Å². The maximum Gasteiger partial charge on any atom is 0.319 e. The van der Waals surface area contributed by atoms with Crippen molar-refractivity contribution in [2.75, 3.05) is 11.9 Å². The number of pyridine rings is 1. The van der Waals surface area contributed by atoms with Crippen LogP contribution in [-0.4, -0.2) is 27.3 Å². The highest BCUT2D eigenvalue weighted by Crippen LogP contribution is 2.02. The van der Waals surface area contributed by atoms with Gasteiger partial charge in [0.15, 0.2) is 0 Å². The number of rotatable bonds is 4. The first-order valence-corrected chi connectivity index (χ1v) is 5.66. The molecule has 0 fully saturated rings. The number of nitrogens with zero attached hydrogens (tertiary/aromatic N) is 3. The van der Waals surface area contributed by atoms with Crippen LogP contribution in [0.25, 0.3) is 0 Å². The zero-order valence-electron chi connectivity index (χ0n) is 10.1. The van der Waals surface area contributed by atoms with Crippen molar-refractivity contribution >= 4 is 11.7 Å². The van der Waals surface area contributed by atoms with E-state index in [1.165, 1.54) is 0 Å². The predicted molar refractivity (Wildman–Crippen MR) is 68.2 cm³/mol. The fourth-order valence-corrected chi connectivity index (χ4v) is 1.53. The number of anilines is 1. The lowest BCUT2D eigenvalue weighted by Gasteiger charge is -2.06. The van der Waals surface area contributed by atoms with Gasteiger partial charge in [0.2, 0.25) is 0 Å². The van der Waals surface area contributed by atoms with E-state index in [0.29, 0.717) is 6.54 Å². The fourth-order valence-electron chi connectivity index (χ4n) is 1.53. The summed E-state index contributed by atoms with van der Waals surface area (Å²) >= 11 is 0. The molecule has 0 saturated heterocycles. The molecule has 2 aromatic rings. The van der Waals surface area contributed by atoms with Crippen molar-refractivity contribution in [1.29, 1.82) is 0 Å². The molecule has 0 bridgehead atoms. The van der Waals surface area contributed by atoms with Crippen molar-refractivity contribution in [1.82, 2.24) is 20.1 Å². The van der Waals surface area contributed by atoms with Crippen LogP contribution in [0, 0.1) is 0 Å². The summed E-state index contributed by atoms with van der Waals surface area (Å²) in [6.45, 7) is 0.572. The summed E-state index contributed by atoms with van der Waals surface area (Å²) in [5.74, 6) is 0. The van der Waals surface area contributed by atoms with Gasteiger partial charge in [-0.05, 0) is 24.1 Å². The highest BCUT2D eigenvalue weighted by atomic mass is 16.2. The maximum absolute atomic E-state index is 11.5. The van der Waals surface area contributed by atoms with E-state index >= 15 is 0 Å². The highest BCUT2D eigenvalue weighted by molar-refractivity contribution is 5.89. The first-order valence-electron chi connectivity index (χ1n) is 5.66. The van der Waals surface area contributed by atoms with Crippen LogP contribution >= 0.6 is 0 Å². The van der Waals surface area contributed by atoms with E-state index in [2.05, 4.69) is 20.7 Å². The molecule has 0 aliphatic heterocycles. The summed E-state index contributed by atoms with van der Waals surface area (Å²) in [4.78, 5) is 15.4. The molecule has 0 aromatic carbocycles. The Morgan fingerprint density at radius 2 is 2.17 bits per heavy atom. The van der Waals surface area contributed by atoms with Crippen molar-refractivity contribution in [3.63, 3.8) is 0 Å². The summed E-state index contributed by atoms with van der Waals surface area (Å²) in [5.41, 5.74) is 1.82. The molecule has 0 aliphatic carbocycles. The van der Waals surface area contributed by atoms with E-state index in [-0.39, 0.29) is 6.03 Å². The van der Waals surface area contributed by atoms with Crippen molar-refractivity contribution in [2.45, 2.75) is 6.42 Å². The number of amides is 2. The van der Waals surface area contributed by atoms with Crippen molar-refractivity contribution in [3.8, 4) is 0 Å². The van der Waals surface area contributed by atoms with Gasteiger partial charge in [-0.1, -0.05) is 0 Å². The molecule has 0 radical (unpaired) electrons. The Bertz CT molecular complexity index is 508. The molecular formula is C12H15N5O. The molecule has 0 unspecified atom stereocenters. The molecule has 2 heterocycles. The smallest absolute Gasteiger partial charge is 0.319 e. The van der Waals surface area contributed by atoms with Gasteiger partial charge in [0, 0.05) is 37.9 Å². The maximum atomic E-state index is 11.5. The molecule has 0 saturated carbocycles.